The summed E-state index contributed by atoms with van der Waals surface area (Å²) in [6, 6.07) is 11.3. The van der Waals surface area contributed by atoms with E-state index in [4.69, 9.17) is 0 Å². The number of nitrogens with zero attached hydrogens (tertiary/aromatic N) is 1. The van der Waals surface area contributed by atoms with Crippen molar-refractivity contribution >= 4 is 0 Å². The molecular formula is C14H15N. The van der Waals surface area contributed by atoms with Crippen LogP contribution in [0.15, 0.2) is 24.3 Å². The van der Waals surface area contributed by atoms with Crippen LogP contribution in [0.1, 0.15) is 30.4 Å². The largest absolute Gasteiger partial charge is 0.198 e. The first-order valence-electron chi connectivity index (χ1n) is 5.82. The first-order valence-corrected chi connectivity index (χ1v) is 5.82. The molecule has 0 radical (unpaired) electrons. The average molecular weight is 197 g/mol. The SMILES string of the molecule is N#CC1(C2Cc3ccccc3C2)CCC1. The van der Waals surface area contributed by atoms with Gasteiger partial charge >= 0.3 is 0 Å². The molecule has 15 heavy (non-hydrogen) atoms. The van der Waals surface area contributed by atoms with E-state index in [1.807, 2.05) is 0 Å². The van der Waals surface area contributed by atoms with Crippen LogP contribution in [0.4, 0.5) is 0 Å². The highest BCUT2D eigenvalue weighted by molar-refractivity contribution is 5.34. The van der Waals surface area contributed by atoms with Crippen LogP contribution in [-0.2, 0) is 12.8 Å². The molecular weight excluding hydrogens is 182 g/mol. The van der Waals surface area contributed by atoms with Gasteiger partial charge in [0.15, 0.2) is 0 Å². The molecule has 1 nitrogen and oxygen atoms in total. The molecule has 1 saturated carbocycles. The van der Waals surface area contributed by atoms with Crippen molar-refractivity contribution in [2.24, 2.45) is 11.3 Å². The van der Waals surface area contributed by atoms with Crippen LogP contribution in [0.25, 0.3) is 0 Å². The third kappa shape index (κ3) is 1.21. The Labute approximate surface area is 90.7 Å². The molecule has 0 aliphatic heterocycles. The van der Waals surface area contributed by atoms with E-state index < -0.39 is 0 Å². The minimum absolute atomic E-state index is 0.0268. The van der Waals surface area contributed by atoms with Crippen LogP contribution in [0.3, 0.4) is 0 Å². The molecule has 1 fully saturated rings. The first kappa shape index (κ1) is 8.97. The lowest BCUT2D eigenvalue weighted by Gasteiger charge is -2.40. The Morgan fingerprint density at radius 3 is 2.13 bits per heavy atom. The zero-order chi connectivity index (χ0) is 10.3. The van der Waals surface area contributed by atoms with Gasteiger partial charge in [0, 0.05) is 0 Å². The van der Waals surface area contributed by atoms with Gasteiger partial charge in [-0.15, -0.1) is 0 Å². The fourth-order valence-electron chi connectivity index (χ4n) is 3.12. The van der Waals surface area contributed by atoms with Gasteiger partial charge in [0.1, 0.15) is 0 Å². The van der Waals surface area contributed by atoms with Gasteiger partial charge in [0.05, 0.1) is 11.5 Å². The summed E-state index contributed by atoms with van der Waals surface area (Å²) in [6.07, 6.45) is 5.76. The van der Waals surface area contributed by atoms with Gasteiger partial charge in [0.25, 0.3) is 0 Å². The molecule has 0 unspecified atom stereocenters. The lowest BCUT2D eigenvalue weighted by atomic mass is 9.61. The second-order valence-corrected chi connectivity index (χ2v) is 5.00. The Bertz CT molecular complexity index is 398. The quantitative estimate of drug-likeness (QED) is 0.678. The van der Waals surface area contributed by atoms with Gasteiger partial charge in [0.2, 0.25) is 0 Å². The predicted octanol–water partition coefficient (Wildman–Crippen LogP) is 3.10. The highest BCUT2D eigenvalue weighted by Gasteiger charge is 2.46. The van der Waals surface area contributed by atoms with E-state index in [0.29, 0.717) is 5.92 Å². The van der Waals surface area contributed by atoms with Crippen molar-refractivity contribution in [2.75, 3.05) is 0 Å². The van der Waals surface area contributed by atoms with Crippen LogP contribution in [-0.4, -0.2) is 0 Å². The molecule has 0 bridgehead atoms. The monoisotopic (exact) mass is 197 g/mol. The molecule has 1 aromatic rings. The molecule has 76 valence electrons. The van der Waals surface area contributed by atoms with Gasteiger partial charge in [-0.2, -0.15) is 5.26 Å². The highest BCUT2D eigenvalue weighted by Crippen LogP contribution is 2.51. The number of benzene rings is 1. The maximum atomic E-state index is 9.33. The molecule has 2 aliphatic rings. The van der Waals surface area contributed by atoms with Gasteiger partial charge in [-0.1, -0.05) is 30.7 Å². The number of fused-ring (bicyclic) bond motifs is 1. The smallest absolute Gasteiger partial charge is 0.0692 e. The summed E-state index contributed by atoms with van der Waals surface area (Å²) in [5.41, 5.74) is 2.98. The molecule has 0 atom stereocenters. The van der Waals surface area contributed by atoms with Crippen molar-refractivity contribution in [3.05, 3.63) is 35.4 Å². The molecule has 3 rings (SSSR count). The van der Waals surface area contributed by atoms with E-state index in [-0.39, 0.29) is 5.41 Å². The van der Waals surface area contributed by atoms with Crippen LogP contribution < -0.4 is 0 Å². The number of hydrogen-bond acceptors (Lipinski definition) is 1. The van der Waals surface area contributed by atoms with E-state index in [9.17, 15) is 5.26 Å². The Hall–Kier alpha value is -1.29. The Balaban J connectivity index is 1.87. The zero-order valence-corrected chi connectivity index (χ0v) is 8.87. The molecule has 0 amide bonds. The third-order valence-corrected chi connectivity index (χ3v) is 4.30. The van der Waals surface area contributed by atoms with E-state index in [1.54, 1.807) is 0 Å². The number of nitriles is 1. The molecule has 0 aromatic heterocycles. The molecule has 0 spiro atoms. The van der Waals surface area contributed by atoms with Crippen molar-refractivity contribution in [3.63, 3.8) is 0 Å². The van der Waals surface area contributed by atoms with Gasteiger partial charge in [-0.25, -0.2) is 0 Å². The molecule has 1 aromatic carbocycles. The summed E-state index contributed by atoms with van der Waals surface area (Å²) in [4.78, 5) is 0. The van der Waals surface area contributed by atoms with Crippen molar-refractivity contribution in [2.45, 2.75) is 32.1 Å². The lowest BCUT2D eigenvalue weighted by molar-refractivity contribution is 0.123. The minimum Gasteiger partial charge on any atom is -0.198 e. The summed E-state index contributed by atoms with van der Waals surface area (Å²) in [7, 11) is 0. The summed E-state index contributed by atoms with van der Waals surface area (Å²) in [5.74, 6) is 0.591. The summed E-state index contributed by atoms with van der Waals surface area (Å²) < 4.78 is 0. The topological polar surface area (TPSA) is 23.8 Å². The summed E-state index contributed by atoms with van der Waals surface area (Å²) in [6.45, 7) is 0. The Kier molecular flexibility index (Phi) is 1.85. The highest BCUT2D eigenvalue weighted by atomic mass is 14.5. The number of hydrogen-bond donors (Lipinski definition) is 0. The molecule has 0 N–H and O–H groups in total. The van der Waals surface area contributed by atoms with Gasteiger partial charge in [-0.3, -0.25) is 0 Å². The van der Waals surface area contributed by atoms with E-state index >= 15 is 0 Å². The molecule has 0 heterocycles. The Morgan fingerprint density at radius 1 is 1.13 bits per heavy atom. The van der Waals surface area contributed by atoms with E-state index in [2.05, 4.69) is 30.3 Å². The fraction of sp³-hybridized carbons (Fsp3) is 0.500. The molecule has 1 heteroatoms. The standard InChI is InChI=1S/C14H15N/c15-10-14(6-3-7-14)13-8-11-4-1-2-5-12(11)9-13/h1-2,4-5,13H,3,6-9H2. The van der Waals surface area contributed by atoms with Crippen molar-refractivity contribution in [3.8, 4) is 6.07 Å². The second-order valence-electron chi connectivity index (χ2n) is 5.00. The minimum atomic E-state index is 0.0268. The Morgan fingerprint density at radius 2 is 1.73 bits per heavy atom. The number of rotatable bonds is 1. The summed E-state index contributed by atoms with van der Waals surface area (Å²) in [5, 5.41) is 9.33. The predicted molar refractivity (Wildman–Crippen MR) is 59.2 cm³/mol. The van der Waals surface area contributed by atoms with Crippen molar-refractivity contribution < 1.29 is 0 Å². The summed E-state index contributed by atoms with van der Waals surface area (Å²) >= 11 is 0. The maximum absolute atomic E-state index is 9.33. The van der Waals surface area contributed by atoms with Crippen LogP contribution in [0.2, 0.25) is 0 Å². The van der Waals surface area contributed by atoms with Crippen LogP contribution in [0.5, 0.6) is 0 Å². The van der Waals surface area contributed by atoms with Crippen LogP contribution >= 0.6 is 0 Å². The van der Waals surface area contributed by atoms with Gasteiger partial charge < -0.3 is 0 Å². The first-order chi connectivity index (χ1) is 7.34. The normalized spacial score (nSPS) is 22.9. The molecule has 0 saturated heterocycles. The third-order valence-electron chi connectivity index (χ3n) is 4.30. The molecule has 2 aliphatic carbocycles. The van der Waals surface area contributed by atoms with E-state index in [0.717, 1.165) is 25.7 Å². The van der Waals surface area contributed by atoms with Crippen molar-refractivity contribution in [1.29, 1.82) is 5.26 Å². The lowest BCUT2D eigenvalue weighted by Crippen LogP contribution is -2.36. The second kappa shape index (κ2) is 3.10. The average Bonchev–Trinajstić information content (AvgIpc) is 2.60. The van der Waals surface area contributed by atoms with Crippen LogP contribution in [0, 0.1) is 22.7 Å². The van der Waals surface area contributed by atoms with E-state index in [1.165, 1.54) is 17.5 Å². The van der Waals surface area contributed by atoms with Gasteiger partial charge in [-0.05, 0) is 42.7 Å². The fourth-order valence-corrected chi connectivity index (χ4v) is 3.12. The van der Waals surface area contributed by atoms with Crippen molar-refractivity contribution in [1.82, 2.24) is 0 Å². The maximum Gasteiger partial charge on any atom is 0.0692 e. The zero-order valence-electron chi connectivity index (χ0n) is 8.87.